The molecule has 94 valence electrons. The van der Waals surface area contributed by atoms with E-state index in [1.54, 1.807) is 7.11 Å². The molecule has 0 aliphatic heterocycles. The highest BCUT2D eigenvalue weighted by molar-refractivity contribution is 7.80. The van der Waals surface area contributed by atoms with E-state index in [0.29, 0.717) is 17.3 Å². The Balaban J connectivity index is 3.13. The lowest BCUT2D eigenvalue weighted by molar-refractivity contribution is 0.402. The molecule has 0 spiro atoms. The Morgan fingerprint density at radius 3 is 2.59 bits per heavy atom. The van der Waals surface area contributed by atoms with Gasteiger partial charge in [-0.1, -0.05) is 37.7 Å². The van der Waals surface area contributed by atoms with E-state index >= 15 is 0 Å². The molecule has 1 aromatic rings. The molecule has 1 rings (SSSR count). The molecule has 0 saturated carbocycles. The number of aryl methyl sites for hydroxylation is 1. The van der Waals surface area contributed by atoms with Crippen molar-refractivity contribution < 1.29 is 4.74 Å². The molecule has 0 aromatic heterocycles. The second kappa shape index (κ2) is 6.22. The monoisotopic (exact) mass is 271 g/mol. The van der Waals surface area contributed by atoms with Crippen molar-refractivity contribution in [3.8, 4) is 5.75 Å². The standard InChI is InChI=1S/C13H18ClNOS/c1-8(2)11-7-10(14)6-9(13(11)16-3)4-5-12(15)17/h6-8H,4-5H2,1-3H3,(H2,15,17). The molecular weight excluding hydrogens is 254 g/mol. The van der Waals surface area contributed by atoms with Gasteiger partial charge in [0, 0.05) is 11.4 Å². The Bertz CT molecular complexity index is 418. The first-order valence-corrected chi connectivity index (χ1v) is 6.39. The summed E-state index contributed by atoms with van der Waals surface area (Å²) in [6.07, 6.45) is 1.43. The van der Waals surface area contributed by atoms with Crippen molar-refractivity contribution in [1.82, 2.24) is 0 Å². The van der Waals surface area contributed by atoms with Crippen LogP contribution in [0.2, 0.25) is 5.02 Å². The molecule has 0 heterocycles. The molecule has 0 bridgehead atoms. The Morgan fingerprint density at radius 2 is 2.12 bits per heavy atom. The van der Waals surface area contributed by atoms with Crippen LogP contribution in [0.1, 0.15) is 37.3 Å². The molecule has 17 heavy (non-hydrogen) atoms. The minimum Gasteiger partial charge on any atom is -0.496 e. The van der Waals surface area contributed by atoms with Crippen LogP contribution in [0, 0.1) is 0 Å². The van der Waals surface area contributed by atoms with Crippen LogP contribution in [-0.2, 0) is 6.42 Å². The fourth-order valence-corrected chi connectivity index (χ4v) is 2.15. The third kappa shape index (κ3) is 3.86. The number of hydrogen-bond acceptors (Lipinski definition) is 2. The first-order valence-electron chi connectivity index (χ1n) is 5.60. The van der Waals surface area contributed by atoms with Gasteiger partial charge in [0.25, 0.3) is 0 Å². The van der Waals surface area contributed by atoms with Gasteiger partial charge in [0.1, 0.15) is 5.75 Å². The van der Waals surface area contributed by atoms with Crippen LogP contribution in [0.25, 0.3) is 0 Å². The second-order valence-corrected chi connectivity index (χ2v) is 5.27. The molecule has 2 nitrogen and oxygen atoms in total. The zero-order valence-electron chi connectivity index (χ0n) is 10.4. The number of ether oxygens (including phenoxy) is 1. The highest BCUT2D eigenvalue weighted by Crippen LogP contribution is 2.33. The van der Waals surface area contributed by atoms with E-state index in [2.05, 4.69) is 13.8 Å². The van der Waals surface area contributed by atoms with Gasteiger partial charge in [0.15, 0.2) is 0 Å². The quantitative estimate of drug-likeness (QED) is 0.830. The van der Waals surface area contributed by atoms with E-state index in [1.807, 2.05) is 12.1 Å². The van der Waals surface area contributed by atoms with Crippen LogP contribution >= 0.6 is 23.8 Å². The number of thiocarbonyl (C=S) groups is 1. The summed E-state index contributed by atoms with van der Waals surface area (Å²) >= 11 is 11.0. The summed E-state index contributed by atoms with van der Waals surface area (Å²) in [6.45, 7) is 4.23. The molecule has 0 atom stereocenters. The van der Waals surface area contributed by atoms with Crippen LogP contribution < -0.4 is 10.5 Å². The molecular formula is C13H18ClNOS. The van der Waals surface area contributed by atoms with E-state index in [0.717, 1.165) is 28.3 Å². The SMILES string of the molecule is COc1c(CCC(N)=S)cc(Cl)cc1C(C)C. The smallest absolute Gasteiger partial charge is 0.125 e. The number of halogens is 1. The summed E-state index contributed by atoms with van der Waals surface area (Å²) in [7, 11) is 1.68. The van der Waals surface area contributed by atoms with Crippen molar-refractivity contribution in [3.05, 3.63) is 28.3 Å². The lowest BCUT2D eigenvalue weighted by Crippen LogP contribution is -2.09. The molecule has 0 radical (unpaired) electrons. The van der Waals surface area contributed by atoms with E-state index in [-0.39, 0.29) is 0 Å². The summed E-state index contributed by atoms with van der Waals surface area (Å²) in [5, 5.41) is 0.729. The summed E-state index contributed by atoms with van der Waals surface area (Å²) in [5.74, 6) is 1.27. The molecule has 0 unspecified atom stereocenters. The van der Waals surface area contributed by atoms with Gasteiger partial charge in [0.05, 0.1) is 12.1 Å². The first-order chi connectivity index (χ1) is 7.95. The van der Waals surface area contributed by atoms with Gasteiger partial charge in [0.2, 0.25) is 0 Å². The van der Waals surface area contributed by atoms with Gasteiger partial charge in [-0.15, -0.1) is 0 Å². The Kier molecular flexibility index (Phi) is 5.22. The fourth-order valence-electron chi connectivity index (χ4n) is 1.79. The minimum absolute atomic E-state index is 0.368. The normalized spacial score (nSPS) is 10.6. The van der Waals surface area contributed by atoms with Crippen LogP contribution in [0.3, 0.4) is 0 Å². The lowest BCUT2D eigenvalue weighted by Gasteiger charge is -2.16. The highest BCUT2D eigenvalue weighted by atomic mass is 35.5. The van der Waals surface area contributed by atoms with Crippen molar-refractivity contribution in [2.75, 3.05) is 7.11 Å². The summed E-state index contributed by atoms with van der Waals surface area (Å²) in [6, 6.07) is 3.87. The van der Waals surface area contributed by atoms with Gasteiger partial charge in [-0.05, 0) is 35.6 Å². The largest absolute Gasteiger partial charge is 0.496 e. The molecule has 0 amide bonds. The summed E-state index contributed by atoms with van der Waals surface area (Å²) < 4.78 is 5.48. The molecule has 4 heteroatoms. The van der Waals surface area contributed by atoms with Crippen molar-refractivity contribution >= 4 is 28.8 Å². The average molecular weight is 272 g/mol. The molecule has 1 aromatic carbocycles. The van der Waals surface area contributed by atoms with Gasteiger partial charge < -0.3 is 10.5 Å². The molecule has 2 N–H and O–H groups in total. The third-order valence-corrected chi connectivity index (χ3v) is 3.05. The van der Waals surface area contributed by atoms with Gasteiger partial charge in [-0.2, -0.15) is 0 Å². The maximum absolute atomic E-state index is 6.12. The van der Waals surface area contributed by atoms with E-state index in [4.69, 9.17) is 34.3 Å². The van der Waals surface area contributed by atoms with Crippen LogP contribution in [0.15, 0.2) is 12.1 Å². The minimum atomic E-state index is 0.368. The number of methoxy groups -OCH3 is 1. The molecule has 0 aliphatic carbocycles. The first kappa shape index (κ1) is 14.3. The zero-order chi connectivity index (χ0) is 13.0. The number of hydrogen-bond donors (Lipinski definition) is 1. The van der Waals surface area contributed by atoms with Gasteiger partial charge >= 0.3 is 0 Å². The summed E-state index contributed by atoms with van der Waals surface area (Å²) in [5.41, 5.74) is 7.71. The van der Waals surface area contributed by atoms with Gasteiger partial charge in [-0.25, -0.2) is 0 Å². The van der Waals surface area contributed by atoms with Crippen molar-refractivity contribution in [2.24, 2.45) is 5.73 Å². The molecule has 0 aliphatic rings. The lowest BCUT2D eigenvalue weighted by atomic mass is 9.97. The van der Waals surface area contributed by atoms with Crippen molar-refractivity contribution in [1.29, 1.82) is 0 Å². The van der Waals surface area contributed by atoms with Crippen LogP contribution in [0.5, 0.6) is 5.75 Å². The number of rotatable bonds is 5. The van der Waals surface area contributed by atoms with Crippen molar-refractivity contribution in [3.63, 3.8) is 0 Å². The predicted molar refractivity (Wildman–Crippen MR) is 77.2 cm³/mol. The maximum atomic E-state index is 6.12. The van der Waals surface area contributed by atoms with E-state index in [1.165, 1.54) is 0 Å². The number of benzene rings is 1. The second-order valence-electron chi connectivity index (χ2n) is 4.31. The Labute approximate surface area is 113 Å². The Morgan fingerprint density at radius 1 is 1.47 bits per heavy atom. The van der Waals surface area contributed by atoms with Crippen LogP contribution in [0.4, 0.5) is 0 Å². The fraction of sp³-hybridized carbons (Fsp3) is 0.462. The topological polar surface area (TPSA) is 35.2 Å². The maximum Gasteiger partial charge on any atom is 0.125 e. The van der Waals surface area contributed by atoms with E-state index < -0.39 is 0 Å². The average Bonchev–Trinajstić information content (AvgIpc) is 2.25. The molecule has 0 saturated heterocycles. The zero-order valence-corrected chi connectivity index (χ0v) is 12.0. The Hall–Kier alpha value is -0.800. The third-order valence-electron chi connectivity index (χ3n) is 2.63. The number of nitrogens with two attached hydrogens (primary N) is 1. The van der Waals surface area contributed by atoms with E-state index in [9.17, 15) is 0 Å². The highest BCUT2D eigenvalue weighted by Gasteiger charge is 2.13. The summed E-state index contributed by atoms with van der Waals surface area (Å²) in [4.78, 5) is 0.512. The van der Waals surface area contributed by atoms with Crippen LogP contribution in [-0.4, -0.2) is 12.1 Å². The predicted octanol–water partition coefficient (Wildman–Crippen LogP) is 3.69. The molecule has 0 fully saturated rings. The van der Waals surface area contributed by atoms with Crippen molar-refractivity contribution in [2.45, 2.75) is 32.6 Å². The van der Waals surface area contributed by atoms with Gasteiger partial charge in [-0.3, -0.25) is 0 Å².